The summed E-state index contributed by atoms with van der Waals surface area (Å²) in [6.07, 6.45) is 3.43. The summed E-state index contributed by atoms with van der Waals surface area (Å²) in [6.45, 7) is 4.61. The van der Waals surface area contributed by atoms with Crippen molar-refractivity contribution >= 4 is 11.5 Å². The van der Waals surface area contributed by atoms with E-state index in [1.54, 1.807) is 24.5 Å². The number of imidazole rings is 1. The second kappa shape index (κ2) is 4.41. The van der Waals surface area contributed by atoms with Crippen LogP contribution in [0.4, 0.5) is 5.69 Å². The molecule has 1 aromatic heterocycles. The number of carbonyl (C=O) groups is 1. The minimum atomic E-state index is -0.0939. The van der Waals surface area contributed by atoms with Crippen LogP contribution in [0, 0.1) is 6.92 Å². The van der Waals surface area contributed by atoms with Crippen LogP contribution in [0.2, 0.25) is 0 Å². The van der Waals surface area contributed by atoms with Crippen LogP contribution in [0.25, 0.3) is 0 Å². The minimum Gasteiger partial charge on any atom is -0.398 e. The lowest BCUT2D eigenvalue weighted by Crippen LogP contribution is -2.11. The lowest BCUT2D eigenvalue weighted by Gasteiger charge is -2.06. The van der Waals surface area contributed by atoms with E-state index in [9.17, 15) is 4.79 Å². The Morgan fingerprint density at radius 3 is 2.88 bits per heavy atom. The Hall–Kier alpha value is -2.10. The maximum absolute atomic E-state index is 12.2. The predicted octanol–water partition coefficient (Wildman–Crippen LogP) is 2.02. The number of nitrogens with zero attached hydrogens (tertiary/aromatic N) is 2. The van der Waals surface area contributed by atoms with Gasteiger partial charge in [-0.15, -0.1) is 0 Å². The number of benzene rings is 1. The van der Waals surface area contributed by atoms with Crippen LogP contribution in [0.1, 0.15) is 28.7 Å². The monoisotopic (exact) mass is 229 g/mol. The molecule has 0 amide bonds. The molecule has 2 N–H and O–H groups in total. The largest absolute Gasteiger partial charge is 0.398 e. The van der Waals surface area contributed by atoms with E-state index in [0.29, 0.717) is 17.1 Å². The number of aromatic nitrogens is 2. The van der Waals surface area contributed by atoms with E-state index >= 15 is 0 Å². The number of rotatable bonds is 3. The van der Waals surface area contributed by atoms with Crippen LogP contribution in [0.3, 0.4) is 0 Å². The molecular formula is C13H15N3O. The van der Waals surface area contributed by atoms with E-state index in [2.05, 4.69) is 4.98 Å². The zero-order chi connectivity index (χ0) is 12.4. The van der Waals surface area contributed by atoms with Crippen molar-refractivity contribution in [2.75, 3.05) is 5.73 Å². The third-order valence-electron chi connectivity index (χ3n) is 2.80. The predicted molar refractivity (Wildman–Crippen MR) is 66.9 cm³/mol. The highest BCUT2D eigenvalue weighted by Gasteiger charge is 2.14. The summed E-state index contributed by atoms with van der Waals surface area (Å²) in [5.41, 5.74) is 7.98. The summed E-state index contributed by atoms with van der Waals surface area (Å²) in [5, 5.41) is 0. The molecule has 0 saturated heterocycles. The average molecular weight is 229 g/mol. The number of hydrogen-bond acceptors (Lipinski definition) is 3. The first-order valence-corrected chi connectivity index (χ1v) is 5.55. The Balaban J connectivity index is 2.40. The Bertz CT molecular complexity index is 558. The molecule has 0 bridgehead atoms. The number of anilines is 1. The molecule has 0 aliphatic heterocycles. The lowest BCUT2D eigenvalue weighted by molar-refractivity contribution is 0.102. The van der Waals surface area contributed by atoms with Gasteiger partial charge in [0.1, 0.15) is 0 Å². The van der Waals surface area contributed by atoms with Crippen molar-refractivity contribution in [3.63, 3.8) is 0 Å². The van der Waals surface area contributed by atoms with Gasteiger partial charge in [-0.25, -0.2) is 4.98 Å². The van der Waals surface area contributed by atoms with Crippen molar-refractivity contribution in [3.8, 4) is 0 Å². The Labute approximate surface area is 100 Å². The molecule has 0 unspecified atom stereocenters. The SMILES string of the molecule is CCn1ccnc1C(=O)c1ccc(C)c(N)c1. The molecule has 0 saturated carbocycles. The van der Waals surface area contributed by atoms with E-state index in [1.807, 2.05) is 24.5 Å². The first-order chi connectivity index (χ1) is 8.13. The van der Waals surface area contributed by atoms with Gasteiger partial charge in [0.2, 0.25) is 5.78 Å². The molecule has 0 fully saturated rings. The van der Waals surface area contributed by atoms with Gasteiger partial charge in [0.25, 0.3) is 0 Å². The Morgan fingerprint density at radius 1 is 1.47 bits per heavy atom. The fourth-order valence-electron chi connectivity index (χ4n) is 1.68. The van der Waals surface area contributed by atoms with Crippen molar-refractivity contribution in [1.29, 1.82) is 0 Å². The molecule has 88 valence electrons. The summed E-state index contributed by atoms with van der Waals surface area (Å²) in [7, 11) is 0. The molecule has 4 heteroatoms. The van der Waals surface area contributed by atoms with Gasteiger partial charge in [0.15, 0.2) is 5.82 Å². The van der Waals surface area contributed by atoms with Crippen LogP contribution in [-0.2, 0) is 6.54 Å². The number of nitrogen functional groups attached to an aromatic ring is 1. The van der Waals surface area contributed by atoms with E-state index < -0.39 is 0 Å². The van der Waals surface area contributed by atoms with Gasteiger partial charge in [-0.2, -0.15) is 0 Å². The molecule has 1 heterocycles. The van der Waals surface area contributed by atoms with Crippen molar-refractivity contribution in [2.45, 2.75) is 20.4 Å². The normalized spacial score (nSPS) is 10.5. The zero-order valence-corrected chi connectivity index (χ0v) is 9.97. The lowest BCUT2D eigenvalue weighted by atomic mass is 10.1. The first kappa shape index (κ1) is 11.4. The number of aryl methyl sites for hydroxylation is 2. The summed E-state index contributed by atoms with van der Waals surface area (Å²) < 4.78 is 1.82. The van der Waals surface area contributed by atoms with Crippen molar-refractivity contribution in [1.82, 2.24) is 9.55 Å². The molecule has 17 heavy (non-hydrogen) atoms. The summed E-state index contributed by atoms with van der Waals surface area (Å²) in [4.78, 5) is 16.3. The van der Waals surface area contributed by atoms with Gasteiger partial charge >= 0.3 is 0 Å². The molecule has 4 nitrogen and oxygen atoms in total. The zero-order valence-electron chi connectivity index (χ0n) is 9.97. The highest BCUT2D eigenvalue weighted by molar-refractivity contribution is 6.07. The standard InChI is InChI=1S/C13H15N3O/c1-3-16-7-6-15-13(16)12(17)10-5-4-9(2)11(14)8-10/h4-8H,3,14H2,1-2H3. The van der Waals surface area contributed by atoms with Gasteiger partial charge in [-0.3, -0.25) is 4.79 Å². The molecule has 1 aromatic carbocycles. The summed E-state index contributed by atoms with van der Waals surface area (Å²) >= 11 is 0. The van der Waals surface area contributed by atoms with E-state index in [0.717, 1.165) is 12.1 Å². The van der Waals surface area contributed by atoms with Gasteiger partial charge < -0.3 is 10.3 Å². The molecule has 2 rings (SSSR count). The highest BCUT2D eigenvalue weighted by Crippen LogP contribution is 2.15. The highest BCUT2D eigenvalue weighted by atomic mass is 16.1. The Morgan fingerprint density at radius 2 is 2.24 bits per heavy atom. The van der Waals surface area contributed by atoms with E-state index in [4.69, 9.17) is 5.73 Å². The minimum absolute atomic E-state index is 0.0939. The fourth-order valence-corrected chi connectivity index (χ4v) is 1.68. The average Bonchev–Trinajstić information content (AvgIpc) is 2.80. The quantitative estimate of drug-likeness (QED) is 0.647. The number of carbonyl (C=O) groups excluding carboxylic acids is 1. The van der Waals surface area contributed by atoms with E-state index in [-0.39, 0.29) is 5.78 Å². The van der Waals surface area contributed by atoms with Gasteiger partial charge in [0.05, 0.1) is 0 Å². The molecule has 0 aliphatic carbocycles. The molecule has 0 spiro atoms. The maximum Gasteiger partial charge on any atom is 0.228 e. The fraction of sp³-hybridized carbons (Fsp3) is 0.231. The van der Waals surface area contributed by atoms with Gasteiger partial charge in [-0.1, -0.05) is 12.1 Å². The maximum atomic E-state index is 12.2. The summed E-state index contributed by atoms with van der Waals surface area (Å²) in [5.74, 6) is 0.360. The smallest absolute Gasteiger partial charge is 0.228 e. The van der Waals surface area contributed by atoms with Crippen molar-refractivity contribution in [3.05, 3.63) is 47.5 Å². The third kappa shape index (κ3) is 2.06. The van der Waals surface area contributed by atoms with Gasteiger partial charge in [0, 0.05) is 30.2 Å². The van der Waals surface area contributed by atoms with Gasteiger partial charge in [-0.05, 0) is 25.5 Å². The van der Waals surface area contributed by atoms with Crippen LogP contribution in [-0.4, -0.2) is 15.3 Å². The topological polar surface area (TPSA) is 60.9 Å². The number of nitrogens with two attached hydrogens (primary N) is 1. The molecule has 0 radical (unpaired) electrons. The molecular weight excluding hydrogens is 214 g/mol. The molecule has 2 aromatic rings. The van der Waals surface area contributed by atoms with Crippen molar-refractivity contribution in [2.24, 2.45) is 0 Å². The second-order valence-corrected chi connectivity index (χ2v) is 3.94. The third-order valence-corrected chi connectivity index (χ3v) is 2.80. The van der Waals surface area contributed by atoms with Crippen LogP contribution in [0.15, 0.2) is 30.6 Å². The van der Waals surface area contributed by atoms with Crippen molar-refractivity contribution < 1.29 is 4.79 Å². The Kier molecular flexibility index (Phi) is 2.95. The van der Waals surface area contributed by atoms with Crippen LogP contribution >= 0.6 is 0 Å². The summed E-state index contributed by atoms with van der Waals surface area (Å²) in [6, 6.07) is 5.33. The molecule has 0 aliphatic rings. The second-order valence-electron chi connectivity index (χ2n) is 3.94. The van der Waals surface area contributed by atoms with Crippen LogP contribution in [0.5, 0.6) is 0 Å². The van der Waals surface area contributed by atoms with Crippen LogP contribution < -0.4 is 5.73 Å². The number of ketones is 1. The first-order valence-electron chi connectivity index (χ1n) is 5.55. The number of hydrogen-bond donors (Lipinski definition) is 1. The van der Waals surface area contributed by atoms with E-state index in [1.165, 1.54) is 0 Å². The molecule has 0 atom stereocenters.